The van der Waals surface area contributed by atoms with Gasteiger partial charge in [-0.15, -0.1) is 0 Å². The first kappa shape index (κ1) is 8.56. The summed E-state index contributed by atoms with van der Waals surface area (Å²) in [6.07, 6.45) is 0. The van der Waals surface area contributed by atoms with Crippen molar-refractivity contribution >= 4 is 21.8 Å². The molecule has 0 aliphatic carbocycles. The molecule has 1 aromatic carbocycles. The summed E-state index contributed by atoms with van der Waals surface area (Å²) in [6.45, 7) is 1.32. The van der Waals surface area contributed by atoms with Gasteiger partial charge in [0.1, 0.15) is 12.4 Å². The molecule has 0 bridgehead atoms. The fraction of sp³-hybridized carbons (Fsp3) is 0.222. The lowest BCUT2D eigenvalue weighted by molar-refractivity contribution is 0.348. The molecule has 1 aliphatic rings. The normalized spacial score (nSPS) is 15.3. The van der Waals surface area contributed by atoms with Gasteiger partial charge in [-0.05, 0) is 18.2 Å². The molecule has 68 valence electrons. The SMILES string of the molecule is Oc1cc(Br)cc(C2=NCCO2)c1. The van der Waals surface area contributed by atoms with Gasteiger partial charge in [0, 0.05) is 10.0 Å². The van der Waals surface area contributed by atoms with E-state index < -0.39 is 0 Å². The van der Waals surface area contributed by atoms with Crippen LogP contribution in [0.4, 0.5) is 0 Å². The van der Waals surface area contributed by atoms with Gasteiger partial charge in [0.25, 0.3) is 0 Å². The average Bonchev–Trinajstić information content (AvgIpc) is 2.53. The van der Waals surface area contributed by atoms with Crippen molar-refractivity contribution in [3.63, 3.8) is 0 Å². The molecule has 3 nitrogen and oxygen atoms in total. The van der Waals surface area contributed by atoms with E-state index in [0.717, 1.165) is 10.0 Å². The number of ether oxygens (including phenoxy) is 1. The number of phenolic OH excluding ortho intramolecular Hbond substituents is 1. The third-order valence-electron chi connectivity index (χ3n) is 1.71. The van der Waals surface area contributed by atoms with E-state index >= 15 is 0 Å². The fourth-order valence-electron chi connectivity index (χ4n) is 1.21. The van der Waals surface area contributed by atoms with Gasteiger partial charge in [-0.25, -0.2) is 4.99 Å². The fourth-order valence-corrected chi connectivity index (χ4v) is 1.69. The lowest BCUT2D eigenvalue weighted by Gasteiger charge is -2.02. The van der Waals surface area contributed by atoms with Gasteiger partial charge in [-0.3, -0.25) is 0 Å². The highest BCUT2D eigenvalue weighted by Gasteiger charge is 2.11. The molecule has 1 aromatic rings. The summed E-state index contributed by atoms with van der Waals surface area (Å²) < 4.78 is 6.09. The van der Waals surface area contributed by atoms with Crippen LogP contribution in [-0.4, -0.2) is 24.2 Å². The molecule has 2 rings (SSSR count). The minimum absolute atomic E-state index is 0.211. The molecule has 0 unspecified atom stereocenters. The topological polar surface area (TPSA) is 41.8 Å². The number of benzene rings is 1. The monoisotopic (exact) mass is 241 g/mol. The molecule has 0 saturated carbocycles. The summed E-state index contributed by atoms with van der Waals surface area (Å²) in [6, 6.07) is 5.12. The number of halogens is 1. The Morgan fingerprint density at radius 2 is 2.23 bits per heavy atom. The summed E-state index contributed by atoms with van der Waals surface area (Å²) in [5, 5.41) is 9.31. The average molecular weight is 242 g/mol. The molecule has 13 heavy (non-hydrogen) atoms. The van der Waals surface area contributed by atoms with E-state index in [9.17, 15) is 5.11 Å². The molecule has 1 aliphatic heterocycles. The van der Waals surface area contributed by atoms with Crippen LogP contribution < -0.4 is 0 Å². The molecule has 0 amide bonds. The number of rotatable bonds is 1. The van der Waals surface area contributed by atoms with Crippen molar-refractivity contribution in [3.8, 4) is 5.75 Å². The van der Waals surface area contributed by atoms with Crippen LogP contribution in [0, 0.1) is 0 Å². The maximum atomic E-state index is 9.31. The third kappa shape index (κ3) is 1.83. The van der Waals surface area contributed by atoms with E-state index in [0.29, 0.717) is 19.0 Å². The lowest BCUT2D eigenvalue weighted by Crippen LogP contribution is -2.00. The van der Waals surface area contributed by atoms with Crippen molar-refractivity contribution < 1.29 is 9.84 Å². The number of aliphatic imine (C=N–C) groups is 1. The van der Waals surface area contributed by atoms with Crippen molar-refractivity contribution in [1.29, 1.82) is 0 Å². The van der Waals surface area contributed by atoms with E-state index in [-0.39, 0.29) is 5.75 Å². The Morgan fingerprint density at radius 3 is 2.85 bits per heavy atom. The summed E-state index contributed by atoms with van der Waals surface area (Å²) in [5.74, 6) is 0.819. The second-order valence-electron chi connectivity index (χ2n) is 2.73. The number of aromatic hydroxyl groups is 1. The molecule has 0 aromatic heterocycles. The van der Waals surface area contributed by atoms with Crippen LogP contribution in [0.25, 0.3) is 0 Å². The summed E-state index contributed by atoms with van der Waals surface area (Å²) in [7, 11) is 0. The van der Waals surface area contributed by atoms with E-state index in [1.54, 1.807) is 12.1 Å². The number of hydrogen-bond acceptors (Lipinski definition) is 3. The smallest absolute Gasteiger partial charge is 0.216 e. The minimum Gasteiger partial charge on any atom is -0.508 e. The van der Waals surface area contributed by atoms with E-state index in [1.165, 1.54) is 0 Å². The summed E-state index contributed by atoms with van der Waals surface area (Å²) in [5.41, 5.74) is 0.810. The second kappa shape index (κ2) is 3.38. The standard InChI is InChI=1S/C9H8BrNO2/c10-7-3-6(4-8(12)5-7)9-11-1-2-13-9/h3-5,12H,1-2H2. The lowest BCUT2D eigenvalue weighted by atomic mass is 10.2. The first-order valence-electron chi connectivity index (χ1n) is 3.93. The van der Waals surface area contributed by atoms with Gasteiger partial charge in [-0.1, -0.05) is 15.9 Å². The van der Waals surface area contributed by atoms with E-state index in [1.807, 2.05) is 6.07 Å². The van der Waals surface area contributed by atoms with Gasteiger partial charge in [0.05, 0.1) is 6.54 Å². The second-order valence-corrected chi connectivity index (χ2v) is 3.65. The molecule has 1 heterocycles. The molecule has 0 radical (unpaired) electrons. The molecular weight excluding hydrogens is 234 g/mol. The Balaban J connectivity index is 2.39. The van der Waals surface area contributed by atoms with E-state index in [4.69, 9.17) is 4.74 Å². The van der Waals surface area contributed by atoms with Crippen LogP contribution in [0.2, 0.25) is 0 Å². The number of nitrogens with zero attached hydrogens (tertiary/aromatic N) is 1. The molecule has 0 spiro atoms. The Hall–Kier alpha value is -1.03. The highest BCUT2D eigenvalue weighted by molar-refractivity contribution is 9.10. The Kier molecular flexibility index (Phi) is 2.22. The Labute approximate surface area is 84.2 Å². The molecular formula is C9H8BrNO2. The van der Waals surface area contributed by atoms with Crippen LogP contribution in [-0.2, 0) is 4.74 Å². The van der Waals surface area contributed by atoms with Crippen molar-refractivity contribution in [2.24, 2.45) is 4.99 Å². The Morgan fingerprint density at radius 1 is 1.38 bits per heavy atom. The highest BCUT2D eigenvalue weighted by Crippen LogP contribution is 2.21. The van der Waals surface area contributed by atoms with Crippen molar-refractivity contribution in [2.45, 2.75) is 0 Å². The zero-order valence-corrected chi connectivity index (χ0v) is 8.41. The number of hydrogen-bond donors (Lipinski definition) is 1. The van der Waals surface area contributed by atoms with Crippen molar-refractivity contribution in [2.75, 3.05) is 13.2 Å². The van der Waals surface area contributed by atoms with Crippen molar-refractivity contribution in [3.05, 3.63) is 28.2 Å². The van der Waals surface area contributed by atoms with Gasteiger partial charge in [0.2, 0.25) is 5.90 Å². The zero-order valence-electron chi connectivity index (χ0n) is 6.83. The van der Waals surface area contributed by atoms with Crippen LogP contribution in [0.15, 0.2) is 27.7 Å². The number of phenols is 1. The van der Waals surface area contributed by atoms with Gasteiger partial charge in [-0.2, -0.15) is 0 Å². The summed E-state index contributed by atoms with van der Waals surface area (Å²) in [4.78, 5) is 4.15. The predicted molar refractivity (Wildman–Crippen MR) is 53.2 cm³/mol. The van der Waals surface area contributed by atoms with Crippen LogP contribution in [0.5, 0.6) is 5.75 Å². The largest absolute Gasteiger partial charge is 0.508 e. The van der Waals surface area contributed by atoms with Crippen LogP contribution in [0.3, 0.4) is 0 Å². The zero-order chi connectivity index (χ0) is 9.26. The van der Waals surface area contributed by atoms with Gasteiger partial charge >= 0.3 is 0 Å². The molecule has 0 saturated heterocycles. The third-order valence-corrected chi connectivity index (χ3v) is 2.17. The quantitative estimate of drug-likeness (QED) is 0.817. The van der Waals surface area contributed by atoms with Gasteiger partial charge in [0.15, 0.2) is 0 Å². The minimum atomic E-state index is 0.211. The molecule has 0 fully saturated rings. The van der Waals surface area contributed by atoms with Crippen LogP contribution >= 0.6 is 15.9 Å². The first-order valence-corrected chi connectivity index (χ1v) is 4.72. The maximum absolute atomic E-state index is 9.31. The Bertz CT molecular complexity index is 342. The summed E-state index contributed by atoms with van der Waals surface area (Å²) >= 11 is 3.29. The molecule has 1 N–H and O–H groups in total. The molecule has 0 atom stereocenters. The van der Waals surface area contributed by atoms with Crippen LogP contribution in [0.1, 0.15) is 5.56 Å². The van der Waals surface area contributed by atoms with Crippen molar-refractivity contribution in [1.82, 2.24) is 0 Å². The highest BCUT2D eigenvalue weighted by atomic mass is 79.9. The maximum Gasteiger partial charge on any atom is 0.216 e. The van der Waals surface area contributed by atoms with Gasteiger partial charge < -0.3 is 9.84 Å². The molecule has 4 heteroatoms. The van der Waals surface area contributed by atoms with E-state index in [2.05, 4.69) is 20.9 Å². The predicted octanol–water partition coefficient (Wildman–Crippen LogP) is 1.93. The first-order chi connectivity index (χ1) is 6.25.